The maximum atomic E-state index is 11.2. The SMILES string of the molecule is COc1ccc(-n2nc(C(=O)O)c(C)c2C(C)C)cc1. The van der Waals surface area contributed by atoms with Gasteiger partial charge in [-0.25, -0.2) is 9.48 Å². The first-order valence-corrected chi connectivity index (χ1v) is 6.43. The first-order valence-electron chi connectivity index (χ1n) is 6.43. The Morgan fingerprint density at radius 1 is 1.30 bits per heavy atom. The van der Waals surface area contributed by atoms with Crippen molar-refractivity contribution >= 4 is 5.97 Å². The first-order chi connectivity index (χ1) is 9.45. The minimum Gasteiger partial charge on any atom is -0.497 e. The molecule has 106 valence electrons. The van der Waals surface area contributed by atoms with Gasteiger partial charge in [-0.2, -0.15) is 5.10 Å². The Hall–Kier alpha value is -2.30. The number of aromatic nitrogens is 2. The molecule has 0 amide bonds. The quantitative estimate of drug-likeness (QED) is 0.930. The normalized spacial score (nSPS) is 10.8. The molecule has 0 fully saturated rings. The van der Waals surface area contributed by atoms with Gasteiger partial charge in [-0.05, 0) is 37.1 Å². The molecule has 2 rings (SSSR count). The summed E-state index contributed by atoms with van der Waals surface area (Å²) >= 11 is 0. The van der Waals surface area contributed by atoms with Crippen LogP contribution in [0.2, 0.25) is 0 Å². The third-order valence-corrected chi connectivity index (χ3v) is 3.23. The lowest BCUT2D eigenvalue weighted by molar-refractivity contribution is 0.0689. The Balaban J connectivity index is 2.59. The first kappa shape index (κ1) is 14.1. The molecule has 1 heterocycles. The van der Waals surface area contributed by atoms with E-state index in [0.29, 0.717) is 5.56 Å². The van der Waals surface area contributed by atoms with Gasteiger partial charge in [-0.15, -0.1) is 0 Å². The van der Waals surface area contributed by atoms with Crippen molar-refractivity contribution in [3.63, 3.8) is 0 Å². The van der Waals surface area contributed by atoms with Gasteiger partial charge in [0.2, 0.25) is 0 Å². The van der Waals surface area contributed by atoms with Crippen molar-refractivity contribution in [3.8, 4) is 11.4 Å². The summed E-state index contributed by atoms with van der Waals surface area (Å²) in [6.07, 6.45) is 0. The zero-order valence-electron chi connectivity index (χ0n) is 12.0. The Bertz CT molecular complexity index is 627. The number of carboxylic acids is 1. The zero-order chi connectivity index (χ0) is 14.9. The number of nitrogens with zero attached hydrogens (tertiary/aromatic N) is 2. The maximum Gasteiger partial charge on any atom is 0.356 e. The molecule has 1 aromatic heterocycles. The van der Waals surface area contributed by atoms with Crippen molar-refractivity contribution in [3.05, 3.63) is 41.2 Å². The largest absolute Gasteiger partial charge is 0.497 e. The fourth-order valence-electron chi connectivity index (χ4n) is 2.31. The number of hydrogen-bond acceptors (Lipinski definition) is 3. The van der Waals surface area contributed by atoms with E-state index in [4.69, 9.17) is 4.74 Å². The highest BCUT2D eigenvalue weighted by Gasteiger charge is 2.21. The van der Waals surface area contributed by atoms with Crippen LogP contribution in [0.4, 0.5) is 0 Å². The molecule has 5 nitrogen and oxygen atoms in total. The van der Waals surface area contributed by atoms with Crippen molar-refractivity contribution in [1.29, 1.82) is 0 Å². The Morgan fingerprint density at radius 2 is 1.90 bits per heavy atom. The van der Waals surface area contributed by atoms with Crippen LogP contribution in [0.25, 0.3) is 5.69 Å². The molecule has 0 saturated carbocycles. The van der Waals surface area contributed by atoms with Gasteiger partial charge in [0.05, 0.1) is 18.5 Å². The molecule has 20 heavy (non-hydrogen) atoms. The van der Waals surface area contributed by atoms with Crippen molar-refractivity contribution in [2.75, 3.05) is 7.11 Å². The molecule has 0 spiro atoms. The second kappa shape index (κ2) is 5.36. The van der Waals surface area contributed by atoms with E-state index in [1.54, 1.807) is 18.7 Å². The van der Waals surface area contributed by atoms with Gasteiger partial charge >= 0.3 is 5.97 Å². The fraction of sp³-hybridized carbons (Fsp3) is 0.333. The van der Waals surface area contributed by atoms with Gasteiger partial charge in [0.1, 0.15) is 5.75 Å². The number of rotatable bonds is 4. The van der Waals surface area contributed by atoms with E-state index >= 15 is 0 Å². The molecule has 0 saturated heterocycles. The minimum absolute atomic E-state index is 0.101. The van der Waals surface area contributed by atoms with Crippen molar-refractivity contribution in [2.45, 2.75) is 26.7 Å². The number of carbonyl (C=O) groups is 1. The van der Waals surface area contributed by atoms with Crippen LogP contribution in [0.3, 0.4) is 0 Å². The van der Waals surface area contributed by atoms with Crippen LogP contribution < -0.4 is 4.74 Å². The lowest BCUT2D eigenvalue weighted by atomic mass is 10.0. The van der Waals surface area contributed by atoms with E-state index in [1.165, 1.54) is 0 Å². The molecule has 1 aromatic carbocycles. The Morgan fingerprint density at radius 3 is 2.35 bits per heavy atom. The molecular weight excluding hydrogens is 256 g/mol. The van der Waals surface area contributed by atoms with Gasteiger partial charge in [-0.3, -0.25) is 0 Å². The predicted molar refractivity (Wildman–Crippen MR) is 75.9 cm³/mol. The van der Waals surface area contributed by atoms with E-state index in [2.05, 4.69) is 5.10 Å². The van der Waals surface area contributed by atoms with E-state index < -0.39 is 5.97 Å². The van der Waals surface area contributed by atoms with Gasteiger partial charge in [0.15, 0.2) is 5.69 Å². The van der Waals surface area contributed by atoms with Crippen LogP contribution in [-0.4, -0.2) is 28.0 Å². The summed E-state index contributed by atoms with van der Waals surface area (Å²) in [4.78, 5) is 11.2. The third-order valence-electron chi connectivity index (χ3n) is 3.23. The Kier molecular flexibility index (Phi) is 3.79. The average Bonchev–Trinajstić information content (AvgIpc) is 2.76. The highest BCUT2D eigenvalue weighted by molar-refractivity contribution is 5.87. The topological polar surface area (TPSA) is 64.4 Å². The van der Waals surface area contributed by atoms with Crippen LogP contribution >= 0.6 is 0 Å². The van der Waals surface area contributed by atoms with Crippen LogP contribution in [-0.2, 0) is 0 Å². The highest BCUT2D eigenvalue weighted by Crippen LogP contribution is 2.26. The number of methoxy groups -OCH3 is 1. The van der Waals surface area contributed by atoms with Crippen molar-refractivity contribution < 1.29 is 14.6 Å². The summed E-state index contributed by atoms with van der Waals surface area (Å²) in [5, 5.41) is 13.5. The van der Waals surface area contributed by atoms with Gasteiger partial charge in [-0.1, -0.05) is 13.8 Å². The molecule has 0 bridgehead atoms. The molecule has 0 unspecified atom stereocenters. The smallest absolute Gasteiger partial charge is 0.356 e. The molecule has 2 aromatic rings. The summed E-state index contributed by atoms with van der Waals surface area (Å²) in [6.45, 7) is 5.84. The molecule has 0 atom stereocenters. The maximum absolute atomic E-state index is 11.2. The van der Waals surface area contributed by atoms with E-state index in [1.807, 2.05) is 38.1 Å². The monoisotopic (exact) mass is 274 g/mol. The Labute approximate surface area is 117 Å². The number of hydrogen-bond donors (Lipinski definition) is 1. The molecule has 1 N–H and O–H groups in total. The third kappa shape index (κ3) is 2.39. The predicted octanol–water partition coefficient (Wildman–Crippen LogP) is 3.01. The minimum atomic E-state index is -1.00. The van der Waals surface area contributed by atoms with E-state index in [-0.39, 0.29) is 11.6 Å². The van der Waals surface area contributed by atoms with Crippen LogP contribution in [0.5, 0.6) is 5.75 Å². The van der Waals surface area contributed by atoms with Gasteiger partial charge in [0.25, 0.3) is 0 Å². The highest BCUT2D eigenvalue weighted by atomic mass is 16.5. The lowest BCUT2D eigenvalue weighted by Gasteiger charge is -2.11. The standard InChI is InChI=1S/C15H18N2O3/c1-9(2)14-10(3)13(15(18)19)16-17(14)11-5-7-12(20-4)8-6-11/h5-9H,1-4H3,(H,18,19). The van der Waals surface area contributed by atoms with Crippen molar-refractivity contribution in [2.24, 2.45) is 0 Å². The average molecular weight is 274 g/mol. The summed E-state index contributed by atoms with van der Waals surface area (Å²) in [7, 11) is 1.61. The molecule has 0 aliphatic carbocycles. The number of aromatic carboxylic acids is 1. The second-order valence-corrected chi connectivity index (χ2v) is 4.93. The lowest BCUT2D eigenvalue weighted by Crippen LogP contribution is -2.05. The molecule has 0 aliphatic rings. The number of ether oxygens (including phenoxy) is 1. The van der Waals surface area contributed by atoms with Gasteiger partial charge in [0, 0.05) is 5.56 Å². The molecular formula is C15H18N2O3. The molecule has 5 heteroatoms. The molecule has 0 aliphatic heterocycles. The summed E-state index contributed by atoms with van der Waals surface area (Å²) in [5.74, 6) is -0.0726. The summed E-state index contributed by atoms with van der Waals surface area (Å²) in [6, 6.07) is 7.39. The summed E-state index contributed by atoms with van der Waals surface area (Å²) in [5.41, 5.74) is 2.55. The van der Waals surface area contributed by atoms with Gasteiger partial charge < -0.3 is 9.84 Å². The summed E-state index contributed by atoms with van der Waals surface area (Å²) < 4.78 is 6.82. The van der Waals surface area contributed by atoms with E-state index in [9.17, 15) is 9.90 Å². The number of benzene rings is 1. The van der Waals surface area contributed by atoms with Crippen LogP contribution in [0.15, 0.2) is 24.3 Å². The zero-order valence-corrected chi connectivity index (χ0v) is 12.0. The second-order valence-electron chi connectivity index (χ2n) is 4.93. The van der Waals surface area contributed by atoms with E-state index in [0.717, 1.165) is 17.1 Å². The van der Waals surface area contributed by atoms with Crippen LogP contribution in [0.1, 0.15) is 41.5 Å². The molecule has 0 radical (unpaired) electrons. The van der Waals surface area contributed by atoms with Crippen molar-refractivity contribution in [1.82, 2.24) is 9.78 Å². The fourth-order valence-corrected chi connectivity index (χ4v) is 2.31. The number of carboxylic acid groups (broad SMARTS) is 1. The van der Waals surface area contributed by atoms with Crippen LogP contribution in [0, 0.1) is 6.92 Å².